The fourth-order valence-corrected chi connectivity index (χ4v) is 2.65. The molecule has 1 saturated heterocycles. The van der Waals surface area contributed by atoms with Crippen LogP contribution in [0.1, 0.15) is 43.0 Å². The summed E-state index contributed by atoms with van der Waals surface area (Å²) in [7, 11) is 0. The predicted octanol–water partition coefficient (Wildman–Crippen LogP) is 3.41. The zero-order chi connectivity index (χ0) is 12.3. The van der Waals surface area contributed by atoms with Crippen molar-refractivity contribution in [2.75, 3.05) is 11.4 Å². The monoisotopic (exact) mass is 235 g/mol. The third-order valence-electron chi connectivity index (χ3n) is 3.53. The minimum absolute atomic E-state index is 0.282. The van der Waals surface area contributed by atoms with Crippen LogP contribution in [0.25, 0.3) is 0 Å². The molecule has 1 atom stereocenters. The molecule has 0 spiro atoms. The van der Waals surface area contributed by atoms with Crippen molar-refractivity contribution in [3.8, 4) is 0 Å². The highest BCUT2D eigenvalue weighted by Gasteiger charge is 2.25. The van der Waals surface area contributed by atoms with Crippen molar-refractivity contribution in [3.63, 3.8) is 0 Å². The topological polar surface area (TPSA) is 20.3 Å². The highest BCUT2D eigenvalue weighted by Crippen LogP contribution is 2.30. The van der Waals surface area contributed by atoms with Crippen LogP contribution in [-0.2, 0) is 0 Å². The summed E-state index contributed by atoms with van der Waals surface area (Å²) in [5.74, 6) is -0.282. The molecule has 1 aliphatic rings. The van der Waals surface area contributed by atoms with Crippen molar-refractivity contribution in [1.29, 1.82) is 0 Å². The average Bonchev–Trinajstić information content (AvgIpc) is 2.38. The van der Waals surface area contributed by atoms with E-state index in [-0.39, 0.29) is 5.82 Å². The van der Waals surface area contributed by atoms with Gasteiger partial charge in [-0.15, -0.1) is 0 Å². The first kappa shape index (κ1) is 12.1. The summed E-state index contributed by atoms with van der Waals surface area (Å²) in [4.78, 5) is 13.1. The molecule has 1 aliphatic heterocycles. The van der Waals surface area contributed by atoms with Gasteiger partial charge in [-0.05, 0) is 37.8 Å². The number of carbonyl (C=O) groups is 1. The van der Waals surface area contributed by atoms with Crippen molar-refractivity contribution in [2.45, 2.75) is 38.6 Å². The molecule has 2 nitrogen and oxygen atoms in total. The predicted molar refractivity (Wildman–Crippen MR) is 67.1 cm³/mol. The number of rotatable bonds is 3. The molecule has 1 unspecified atom stereocenters. The Balaban J connectivity index is 2.40. The largest absolute Gasteiger partial charge is 0.366 e. The minimum Gasteiger partial charge on any atom is -0.366 e. The summed E-state index contributed by atoms with van der Waals surface area (Å²) >= 11 is 0. The van der Waals surface area contributed by atoms with E-state index in [1.807, 2.05) is 0 Å². The minimum atomic E-state index is -0.282. The number of para-hydroxylation sites is 1. The van der Waals surface area contributed by atoms with E-state index in [0.29, 0.717) is 17.3 Å². The number of piperidine rings is 1. The maximum Gasteiger partial charge on any atom is 0.152 e. The van der Waals surface area contributed by atoms with Crippen molar-refractivity contribution >= 4 is 12.0 Å². The molecule has 0 N–H and O–H groups in total. The number of nitrogens with zero attached hydrogens (tertiary/aromatic N) is 1. The number of benzene rings is 1. The number of halogens is 1. The molecule has 1 aromatic carbocycles. The Bertz CT molecular complexity index is 405. The molecule has 0 saturated carbocycles. The second-order valence-corrected chi connectivity index (χ2v) is 4.55. The van der Waals surface area contributed by atoms with Crippen molar-refractivity contribution < 1.29 is 9.18 Å². The molecule has 0 aliphatic carbocycles. The molecule has 0 amide bonds. The zero-order valence-corrected chi connectivity index (χ0v) is 10.2. The summed E-state index contributed by atoms with van der Waals surface area (Å²) in [6.45, 7) is 2.96. The second-order valence-electron chi connectivity index (χ2n) is 4.55. The third kappa shape index (κ3) is 2.33. The summed E-state index contributed by atoms with van der Waals surface area (Å²) in [5, 5.41) is 0. The first-order valence-electron chi connectivity index (χ1n) is 6.28. The van der Waals surface area contributed by atoms with Crippen molar-refractivity contribution in [1.82, 2.24) is 0 Å². The fourth-order valence-electron chi connectivity index (χ4n) is 2.65. The standard InChI is InChI=1S/C14H18FNO/c1-2-12-7-3-4-9-16(12)14-11(10-17)6-5-8-13(14)15/h5-6,8,10,12H,2-4,7,9H2,1H3. The smallest absolute Gasteiger partial charge is 0.152 e. The number of aldehydes is 1. The molecule has 92 valence electrons. The van der Waals surface area contributed by atoms with Gasteiger partial charge in [-0.2, -0.15) is 0 Å². The second kappa shape index (κ2) is 5.30. The Kier molecular flexibility index (Phi) is 3.77. The number of hydrogen-bond acceptors (Lipinski definition) is 2. The lowest BCUT2D eigenvalue weighted by molar-refractivity contribution is 0.112. The molecule has 0 bridgehead atoms. The van der Waals surface area contributed by atoms with Gasteiger partial charge < -0.3 is 4.90 Å². The molecular formula is C14H18FNO. The first-order chi connectivity index (χ1) is 8.27. The molecule has 1 heterocycles. The van der Waals surface area contributed by atoms with E-state index < -0.39 is 0 Å². The maximum absolute atomic E-state index is 13.9. The van der Waals surface area contributed by atoms with E-state index in [2.05, 4.69) is 11.8 Å². The van der Waals surface area contributed by atoms with E-state index in [9.17, 15) is 9.18 Å². The highest BCUT2D eigenvalue weighted by molar-refractivity contribution is 5.85. The lowest BCUT2D eigenvalue weighted by Gasteiger charge is -2.37. The Morgan fingerprint density at radius 2 is 2.29 bits per heavy atom. The molecule has 17 heavy (non-hydrogen) atoms. The van der Waals surface area contributed by atoms with Gasteiger partial charge in [-0.3, -0.25) is 4.79 Å². The average molecular weight is 235 g/mol. The van der Waals surface area contributed by atoms with E-state index in [4.69, 9.17) is 0 Å². The van der Waals surface area contributed by atoms with Gasteiger partial charge in [-0.1, -0.05) is 13.0 Å². The number of carbonyl (C=O) groups excluding carboxylic acids is 1. The van der Waals surface area contributed by atoms with E-state index in [0.717, 1.165) is 32.1 Å². The van der Waals surface area contributed by atoms with Gasteiger partial charge >= 0.3 is 0 Å². The van der Waals surface area contributed by atoms with Gasteiger partial charge in [0.15, 0.2) is 6.29 Å². The van der Waals surface area contributed by atoms with Crippen LogP contribution in [0.15, 0.2) is 18.2 Å². The summed E-state index contributed by atoms with van der Waals surface area (Å²) in [6.07, 6.45) is 5.10. The van der Waals surface area contributed by atoms with Crippen LogP contribution >= 0.6 is 0 Å². The summed E-state index contributed by atoms with van der Waals surface area (Å²) < 4.78 is 13.9. The Labute approximate surface area is 101 Å². The lowest BCUT2D eigenvalue weighted by Crippen LogP contribution is -2.40. The molecule has 3 heteroatoms. The van der Waals surface area contributed by atoms with Crippen LogP contribution in [0.2, 0.25) is 0 Å². The normalized spacial score (nSPS) is 20.4. The van der Waals surface area contributed by atoms with Gasteiger partial charge in [0.2, 0.25) is 0 Å². The molecule has 1 fully saturated rings. The third-order valence-corrected chi connectivity index (χ3v) is 3.53. The van der Waals surface area contributed by atoms with Crippen LogP contribution in [0.5, 0.6) is 0 Å². The van der Waals surface area contributed by atoms with Crippen LogP contribution in [0, 0.1) is 5.82 Å². The number of hydrogen-bond donors (Lipinski definition) is 0. The van der Waals surface area contributed by atoms with Gasteiger partial charge in [-0.25, -0.2) is 4.39 Å². The van der Waals surface area contributed by atoms with Crippen LogP contribution in [0.3, 0.4) is 0 Å². The van der Waals surface area contributed by atoms with E-state index in [1.54, 1.807) is 12.1 Å². The molecule has 2 rings (SSSR count). The molecule has 0 radical (unpaired) electrons. The molecule has 0 aromatic heterocycles. The number of anilines is 1. The van der Waals surface area contributed by atoms with Crippen LogP contribution in [-0.4, -0.2) is 18.9 Å². The Hall–Kier alpha value is -1.38. The summed E-state index contributed by atoms with van der Waals surface area (Å²) in [6, 6.07) is 5.07. The van der Waals surface area contributed by atoms with Crippen molar-refractivity contribution in [3.05, 3.63) is 29.6 Å². The lowest BCUT2D eigenvalue weighted by atomic mass is 9.98. The zero-order valence-electron chi connectivity index (χ0n) is 10.2. The van der Waals surface area contributed by atoms with Crippen LogP contribution < -0.4 is 4.90 Å². The highest BCUT2D eigenvalue weighted by atomic mass is 19.1. The quantitative estimate of drug-likeness (QED) is 0.748. The Morgan fingerprint density at radius 1 is 1.47 bits per heavy atom. The van der Waals surface area contributed by atoms with Crippen molar-refractivity contribution in [2.24, 2.45) is 0 Å². The fraction of sp³-hybridized carbons (Fsp3) is 0.500. The van der Waals surface area contributed by atoms with E-state index >= 15 is 0 Å². The summed E-state index contributed by atoms with van der Waals surface area (Å²) in [5.41, 5.74) is 0.958. The first-order valence-corrected chi connectivity index (χ1v) is 6.28. The van der Waals surface area contributed by atoms with Gasteiger partial charge in [0.25, 0.3) is 0 Å². The van der Waals surface area contributed by atoms with Crippen LogP contribution in [0.4, 0.5) is 10.1 Å². The molecule has 1 aromatic rings. The van der Waals surface area contributed by atoms with Gasteiger partial charge in [0.05, 0.1) is 5.69 Å². The van der Waals surface area contributed by atoms with Gasteiger partial charge in [0.1, 0.15) is 5.82 Å². The molecular weight excluding hydrogens is 217 g/mol. The van der Waals surface area contributed by atoms with E-state index in [1.165, 1.54) is 12.5 Å². The maximum atomic E-state index is 13.9. The Morgan fingerprint density at radius 3 is 3.00 bits per heavy atom. The van der Waals surface area contributed by atoms with Gasteiger partial charge in [0, 0.05) is 18.2 Å². The SMILES string of the molecule is CCC1CCCCN1c1c(F)cccc1C=O.